The average Bonchev–Trinajstić information content (AvgIpc) is 2.82. The summed E-state index contributed by atoms with van der Waals surface area (Å²) in [6.45, 7) is 0.365. The molecular weight excluding hydrogens is 312 g/mol. The summed E-state index contributed by atoms with van der Waals surface area (Å²) in [4.78, 5) is 25.6. The lowest BCUT2D eigenvalue weighted by atomic mass is 10.1. The molecule has 0 unspecified atom stereocenters. The van der Waals surface area contributed by atoms with Crippen LogP contribution in [-0.2, 0) is 16.0 Å². The summed E-state index contributed by atoms with van der Waals surface area (Å²) in [5.41, 5.74) is 2.09. The predicted octanol–water partition coefficient (Wildman–Crippen LogP) is 3.25. The maximum atomic E-state index is 12.4. The first-order chi connectivity index (χ1) is 11.1. The van der Waals surface area contributed by atoms with Crippen molar-refractivity contribution in [3.63, 3.8) is 0 Å². The number of amides is 2. The zero-order chi connectivity index (χ0) is 16.2. The van der Waals surface area contributed by atoms with Crippen LogP contribution in [0, 0.1) is 0 Å². The summed E-state index contributed by atoms with van der Waals surface area (Å²) in [6.07, 6.45) is 1.97. The van der Waals surface area contributed by atoms with Crippen LogP contribution in [0.5, 0.6) is 0 Å². The number of benzene rings is 2. The summed E-state index contributed by atoms with van der Waals surface area (Å²) in [5.74, 6) is -0.594. The molecule has 0 fully saturated rings. The van der Waals surface area contributed by atoms with Crippen molar-refractivity contribution in [2.24, 2.45) is 0 Å². The quantitative estimate of drug-likeness (QED) is 0.858. The third kappa shape index (κ3) is 3.60. The average molecular weight is 327 g/mol. The second-order valence-electron chi connectivity index (χ2n) is 5.22. The van der Waals surface area contributed by atoms with Crippen LogP contribution in [0.1, 0.15) is 5.56 Å². The van der Waals surface area contributed by atoms with E-state index in [0.717, 1.165) is 5.56 Å². The van der Waals surface area contributed by atoms with E-state index in [1.165, 1.54) is 11.0 Å². The van der Waals surface area contributed by atoms with E-state index < -0.39 is 0 Å². The van der Waals surface area contributed by atoms with Gasteiger partial charge in [0.15, 0.2) is 0 Å². The number of anilines is 1. The first-order valence-electron chi connectivity index (χ1n) is 7.27. The van der Waals surface area contributed by atoms with E-state index in [-0.39, 0.29) is 17.5 Å². The number of nitrogens with zero attached hydrogens (tertiary/aromatic N) is 1. The molecule has 1 heterocycles. The summed E-state index contributed by atoms with van der Waals surface area (Å²) >= 11 is 5.83. The fraction of sp³-hybridized carbons (Fsp3) is 0.111. The lowest BCUT2D eigenvalue weighted by Gasteiger charge is -2.15. The van der Waals surface area contributed by atoms with Gasteiger partial charge in [0, 0.05) is 23.3 Å². The normalized spacial score (nSPS) is 14.1. The Bertz CT molecular complexity index is 754. The van der Waals surface area contributed by atoms with Gasteiger partial charge in [0.1, 0.15) is 5.70 Å². The summed E-state index contributed by atoms with van der Waals surface area (Å²) < 4.78 is 0. The number of rotatable bonds is 5. The van der Waals surface area contributed by atoms with Crippen molar-refractivity contribution in [1.82, 2.24) is 4.90 Å². The molecule has 0 saturated carbocycles. The van der Waals surface area contributed by atoms with Crippen molar-refractivity contribution >= 4 is 29.1 Å². The maximum Gasteiger partial charge on any atom is 0.277 e. The highest BCUT2D eigenvalue weighted by Crippen LogP contribution is 2.19. The highest BCUT2D eigenvalue weighted by atomic mass is 35.5. The van der Waals surface area contributed by atoms with Crippen LogP contribution in [0.3, 0.4) is 0 Å². The Kier molecular flexibility index (Phi) is 4.44. The summed E-state index contributed by atoms with van der Waals surface area (Å²) in [5, 5.41) is 3.58. The number of halogens is 1. The Morgan fingerprint density at radius 1 is 0.957 bits per heavy atom. The zero-order valence-corrected chi connectivity index (χ0v) is 13.1. The molecule has 0 atom stereocenters. The molecule has 0 radical (unpaired) electrons. The third-order valence-electron chi connectivity index (χ3n) is 3.60. The molecule has 2 aromatic rings. The van der Waals surface area contributed by atoms with Gasteiger partial charge in [-0.05, 0) is 36.2 Å². The number of carbonyl (C=O) groups excluding carboxylic acids is 2. The van der Waals surface area contributed by atoms with Gasteiger partial charge < -0.3 is 5.32 Å². The van der Waals surface area contributed by atoms with Gasteiger partial charge >= 0.3 is 0 Å². The molecule has 1 aliphatic heterocycles. The molecule has 4 nitrogen and oxygen atoms in total. The van der Waals surface area contributed by atoms with Gasteiger partial charge in [-0.2, -0.15) is 0 Å². The molecule has 2 aromatic carbocycles. The Morgan fingerprint density at radius 3 is 2.35 bits per heavy atom. The van der Waals surface area contributed by atoms with Crippen LogP contribution in [0.2, 0.25) is 5.02 Å². The van der Waals surface area contributed by atoms with Gasteiger partial charge in [-0.3, -0.25) is 14.5 Å². The van der Waals surface area contributed by atoms with E-state index in [2.05, 4.69) is 5.32 Å². The molecule has 1 aliphatic rings. The molecule has 116 valence electrons. The van der Waals surface area contributed by atoms with Crippen LogP contribution >= 0.6 is 11.6 Å². The maximum absolute atomic E-state index is 12.4. The Morgan fingerprint density at radius 2 is 1.65 bits per heavy atom. The van der Waals surface area contributed by atoms with Crippen molar-refractivity contribution in [2.45, 2.75) is 6.42 Å². The minimum absolute atomic E-state index is 0.283. The van der Waals surface area contributed by atoms with Gasteiger partial charge in [-0.15, -0.1) is 0 Å². The summed E-state index contributed by atoms with van der Waals surface area (Å²) in [6, 6.07) is 16.7. The number of hydrogen-bond donors (Lipinski definition) is 1. The highest BCUT2D eigenvalue weighted by molar-refractivity contribution is 6.30. The van der Waals surface area contributed by atoms with Gasteiger partial charge in [-0.25, -0.2) is 0 Å². The van der Waals surface area contributed by atoms with Crippen LogP contribution < -0.4 is 5.32 Å². The standard InChI is InChI=1S/C18H15ClN2O2/c19-14-6-8-15(9-7-14)20-16-12-17(22)21(18(16)23)11-10-13-4-2-1-3-5-13/h1-9,12,20H,10-11H2. The molecule has 5 heteroatoms. The van der Waals surface area contributed by atoms with E-state index in [4.69, 9.17) is 11.6 Å². The first-order valence-corrected chi connectivity index (χ1v) is 7.65. The molecule has 3 rings (SSSR count). The number of hydrogen-bond acceptors (Lipinski definition) is 3. The number of imide groups is 1. The fourth-order valence-corrected chi connectivity index (χ4v) is 2.51. The van der Waals surface area contributed by atoms with Crippen molar-refractivity contribution < 1.29 is 9.59 Å². The number of carbonyl (C=O) groups is 2. The SMILES string of the molecule is O=C1C=C(Nc2ccc(Cl)cc2)C(=O)N1CCc1ccccc1. The largest absolute Gasteiger partial charge is 0.351 e. The summed E-state index contributed by atoms with van der Waals surface area (Å²) in [7, 11) is 0. The molecule has 0 bridgehead atoms. The van der Waals surface area contributed by atoms with Gasteiger partial charge in [-0.1, -0.05) is 41.9 Å². The van der Waals surface area contributed by atoms with Crippen molar-refractivity contribution in [2.75, 3.05) is 11.9 Å². The molecule has 1 N–H and O–H groups in total. The van der Waals surface area contributed by atoms with Crippen LogP contribution in [0.25, 0.3) is 0 Å². The Hall–Kier alpha value is -2.59. The lowest BCUT2D eigenvalue weighted by molar-refractivity contribution is -0.137. The third-order valence-corrected chi connectivity index (χ3v) is 3.85. The first kappa shape index (κ1) is 15.3. The molecule has 0 saturated heterocycles. The van der Waals surface area contributed by atoms with E-state index >= 15 is 0 Å². The zero-order valence-electron chi connectivity index (χ0n) is 12.3. The van der Waals surface area contributed by atoms with Gasteiger partial charge in [0.25, 0.3) is 11.8 Å². The molecular formula is C18H15ClN2O2. The fourth-order valence-electron chi connectivity index (χ4n) is 2.38. The molecule has 23 heavy (non-hydrogen) atoms. The number of nitrogens with one attached hydrogen (secondary N) is 1. The van der Waals surface area contributed by atoms with Crippen LogP contribution in [0.4, 0.5) is 5.69 Å². The monoisotopic (exact) mass is 326 g/mol. The molecule has 0 spiro atoms. The van der Waals surface area contributed by atoms with E-state index in [9.17, 15) is 9.59 Å². The minimum atomic E-state index is -0.305. The van der Waals surface area contributed by atoms with Crippen molar-refractivity contribution in [3.05, 3.63) is 77.0 Å². The van der Waals surface area contributed by atoms with E-state index in [0.29, 0.717) is 23.7 Å². The highest BCUT2D eigenvalue weighted by Gasteiger charge is 2.30. The topological polar surface area (TPSA) is 49.4 Å². The molecule has 2 amide bonds. The van der Waals surface area contributed by atoms with Crippen LogP contribution in [-0.4, -0.2) is 23.3 Å². The second-order valence-corrected chi connectivity index (χ2v) is 5.66. The Labute approximate surface area is 139 Å². The van der Waals surface area contributed by atoms with Gasteiger partial charge in [0.05, 0.1) is 0 Å². The van der Waals surface area contributed by atoms with E-state index in [1.807, 2.05) is 30.3 Å². The lowest BCUT2D eigenvalue weighted by Crippen LogP contribution is -2.33. The van der Waals surface area contributed by atoms with E-state index in [1.54, 1.807) is 24.3 Å². The van der Waals surface area contributed by atoms with Gasteiger partial charge in [0.2, 0.25) is 0 Å². The Balaban J connectivity index is 1.64. The molecule has 0 aromatic heterocycles. The molecule has 0 aliphatic carbocycles. The predicted molar refractivity (Wildman–Crippen MR) is 90.0 cm³/mol. The van der Waals surface area contributed by atoms with Crippen LogP contribution in [0.15, 0.2) is 66.4 Å². The minimum Gasteiger partial charge on any atom is -0.351 e. The van der Waals surface area contributed by atoms with Crippen molar-refractivity contribution in [1.29, 1.82) is 0 Å². The van der Waals surface area contributed by atoms with Crippen molar-refractivity contribution in [3.8, 4) is 0 Å². The second kappa shape index (κ2) is 6.67. The smallest absolute Gasteiger partial charge is 0.277 e.